The molecule has 1 aromatic rings. The predicted octanol–water partition coefficient (Wildman–Crippen LogP) is 1.96. The molecule has 0 aliphatic carbocycles. The highest BCUT2D eigenvalue weighted by Crippen LogP contribution is 2.17. The molecule has 0 saturated carbocycles. The molecule has 0 bridgehead atoms. The van der Waals surface area contributed by atoms with Crippen LogP contribution in [0, 0.1) is 0 Å². The van der Waals surface area contributed by atoms with Crippen molar-refractivity contribution in [3.63, 3.8) is 0 Å². The van der Waals surface area contributed by atoms with E-state index in [0.717, 1.165) is 0 Å². The minimum atomic E-state index is 0.219. The van der Waals surface area contributed by atoms with E-state index in [1.165, 1.54) is 11.3 Å². The smallest absolute Gasteiger partial charge is 0.0572 e. The molecule has 0 aromatic heterocycles. The van der Waals surface area contributed by atoms with Crippen LogP contribution in [0.25, 0.3) is 0 Å². The fourth-order valence-electron chi connectivity index (χ4n) is 1.31. The van der Waals surface area contributed by atoms with Crippen LogP contribution in [0.5, 0.6) is 0 Å². The summed E-state index contributed by atoms with van der Waals surface area (Å²) in [6, 6.07) is 8.63. The molecule has 0 fully saturated rings. The molecule has 0 aliphatic rings. The molecular formula is C11H18N2O. The first-order valence-electron chi connectivity index (χ1n) is 4.71. The fourth-order valence-corrected chi connectivity index (χ4v) is 1.31. The van der Waals surface area contributed by atoms with E-state index in [9.17, 15) is 0 Å². The molecular weight excluding hydrogens is 176 g/mol. The van der Waals surface area contributed by atoms with Crippen molar-refractivity contribution in [3.8, 4) is 0 Å². The Kier molecular flexibility index (Phi) is 3.92. The van der Waals surface area contributed by atoms with E-state index in [4.69, 9.17) is 4.84 Å². The van der Waals surface area contributed by atoms with Gasteiger partial charge in [0, 0.05) is 19.8 Å². The highest BCUT2D eigenvalue weighted by atomic mass is 16.6. The van der Waals surface area contributed by atoms with E-state index in [1.54, 1.807) is 7.11 Å². The Hall–Kier alpha value is -1.06. The molecule has 1 aromatic carbocycles. The third-order valence-electron chi connectivity index (χ3n) is 2.20. The van der Waals surface area contributed by atoms with Gasteiger partial charge in [-0.1, -0.05) is 12.1 Å². The van der Waals surface area contributed by atoms with Crippen LogP contribution in [0.2, 0.25) is 0 Å². The van der Waals surface area contributed by atoms with Gasteiger partial charge in [-0.3, -0.25) is 0 Å². The molecule has 78 valence electrons. The number of benzene rings is 1. The lowest BCUT2D eigenvalue weighted by Gasteiger charge is -2.15. The van der Waals surface area contributed by atoms with Crippen LogP contribution in [0.4, 0.5) is 5.69 Å². The van der Waals surface area contributed by atoms with E-state index in [0.29, 0.717) is 0 Å². The topological polar surface area (TPSA) is 24.5 Å². The Morgan fingerprint density at radius 1 is 1.21 bits per heavy atom. The lowest BCUT2D eigenvalue weighted by Crippen LogP contribution is -2.17. The quantitative estimate of drug-likeness (QED) is 0.742. The molecule has 3 nitrogen and oxygen atoms in total. The number of anilines is 1. The average molecular weight is 194 g/mol. The minimum Gasteiger partial charge on any atom is -0.378 e. The zero-order valence-corrected chi connectivity index (χ0v) is 9.24. The van der Waals surface area contributed by atoms with Gasteiger partial charge in [-0.2, -0.15) is 5.48 Å². The Morgan fingerprint density at radius 2 is 1.79 bits per heavy atom. The summed E-state index contributed by atoms with van der Waals surface area (Å²) in [5, 5.41) is 0. The summed E-state index contributed by atoms with van der Waals surface area (Å²) < 4.78 is 0. The highest BCUT2D eigenvalue weighted by molar-refractivity contribution is 5.46. The normalized spacial score (nSPS) is 12.6. The lowest BCUT2D eigenvalue weighted by molar-refractivity contribution is 0.0659. The number of hydrogen-bond donors (Lipinski definition) is 1. The maximum atomic E-state index is 4.88. The van der Waals surface area contributed by atoms with E-state index in [1.807, 2.05) is 14.1 Å². The van der Waals surface area contributed by atoms with Crippen molar-refractivity contribution in [2.45, 2.75) is 13.0 Å². The summed E-state index contributed by atoms with van der Waals surface area (Å²) in [6.07, 6.45) is 0. The molecule has 1 N–H and O–H groups in total. The Morgan fingerprint density at radius 3 is 2.21 bits per heavy atom. The maximum Gasteiger partial charge on any atom is 0.0572 e. The molecule has 0 amide bonds. The van der Waals surface area contributed by atoms with Crippen LogP contribution in [0.15, 0.2) is 24.3 Å². The molecule has 0 heterocycles. The lowest BCUT2D eigenvalue weighted by atomic mass is 10.1. The number of hydroxylamine groups is 1. The van der Waals surface area contributed by atoms with Crippen LogP contribution < -0.4 is 10.4 Å². The zero-order valence-electron chi connectivity index (χ0n) is 9.24. The number of rotatable bonds is 4. The zero-order chi connectivity index (χ0) is 10.6. The van der Waals surface area contributed by atoms with Gasteiger partial charge in [0.25, 0.3) is 0 Å². The molecule has 1 rings (SSSR count). The Bertz CT molecular complexity index is 269. The van der Waals surface area contributed by atoms with Crippen LogP contribution in [-0.2, 0) is 4.84 Å². The number of nitrogens with one attached hydrogen (secondary N) is 1. The van der Waals surface area contributed by atoms with Crippen molar-refractivity contribution in [1.29, 1.82) is 0 Å². The SMILES string of the molecule is CONC(C)c1ccc(N(C)C)cc1. The third kappa shape index (κ3) is 2.72. The predicted molar refractivity (Wildman–Crippen MR) is 59.3 cm³/mol. The summed E-state index contributed by atoms with van der Waals surface area (Å²) >= 11 is 0. The van der Waals surface area contributed by atoms with Crippen molar-refractivity contribution >= 4 is 5.69 Å². The molecule has 0 radical (unpaired) electrons. The standard InChI is InChI=1S/C11H18N2O/c1-9(12-14-4)10-5-7-11(8-6-10)13(2)3/h5-9,12H,1-4H3. The van der Waals surface area contributed by atoms with Gasteiger partial charge < -0.3 is 9.74 Å². The van der Waals surface area contributed by atoms with Crippen molar-refractivity contribution in [3.05, 3.63) is 29.8 Å². The number of nitrogens with zero attached hydrogens (tertiary/aromatic N) is 1. The average Bonchev–Trinajstić information content (AvgIpc) is 2.18. The van der Waals surface area contributed by atoms with Gasteiger partial charge in [0.1, 0.15) is 0 Å². The van der Waals surface area contributed by atoms with E-state index in [-0.39, 0.29) is 6.04 Å². The second-order valence-corrected chi connectivity index (χ2v) is 3.53. The first kappa shape index (κ1) is 11.0. The third-order valence-corrected chi connectivity index (χ3v) is 2.20. The fraction of sp³-hybridized carbons (Fsp3) is 0.455. The Labute approximate surface area is 85.6 Å². The maximum absolute atomic E-state index is 4.88. The van der Waals surface area contributed by atoms with E-state index >= 15 is 0 Å². The summed E-state index contributed by atoms with van der Waals surface area (Å²) in [7, 11) is 5.70. The highest BCUT2D eigenvalue weighted by Gasteiger charge is 2.03. The summed E-state index contributed by atoms with van der Waals surface area (Å²) in [5.74, 6) is 0. The van der Waals surface area contributed by atoms with Crippen molar-refractivity contribution in [1.82, 2.24) is 5.48 Å². The monoisotopic (exact) mass is 194 g/mol. The Balaban J connectivity index is 2.72. The molecule has 0 saturated heterocycles. The first-order chi connectivity index (χ1) is 6.65. The molecule has 3 heteroatoms. The van der Waals surface area contributed by atoms with Crippen molar-refractivity contribution in [2.75, 3.05) is 26.1 Å². The van der Waals surface area contributed by atoms with Gasteiger partial charge in [-0.15, -0.1) is 0 Å². The van der Waals surface area contributed by atoms with Gasteiger partial charge in [-0.25, -0.2) is 0 Å². The van der Waals surface area contributed by atoms with Crippen LogP contribution >= 0.6 is 0 Å². The van der Waals surface area contributed by atoms with E-state index in [2.05, 4.69) is 41.6 Å². The van der Waals surface area contributed by atoms with Crippen molar-refractivity contribution in [2.24, 2.45) is 0 Å². The summed E-state index contributed by atoms with van der Waals surface area (Å²) in [4.78, 5) is 6.96. The molecule has 14 heavy (non-hydrogen) atoms. The minimum absolute atomic E-state index is 0.219. The summed E-state index contributed by atoms with van der Waals surface area (Å²) in [5.41, 5.74) is 5.32. The molecule has 1 unspecified atom stereocenters. The van der Waals surface area contributed by atoms with Gasteiger partial charge in [0.15, 0.2) is 0 Å². The second-order valence-electron chi connectivity index (χ2n) is 3.53. The molecule has 0 aliphatic heterocycles. The van der Waals surface area contributed by atoms with Crippen LogP contribution in [0.3, 0.4) is 0 Å². The molecule has 0 spiro atoms. The molecule has 1 atom stereocenters. The van der Waals surface area contributed by atoms with Crippen LogP contribution in [-0.4, -0.2) is 21.2 Å². The largest absolute Gasteiger partial charge is 0.378 e. The van der Waals surface area contributed by atoms with Gasteiger partial charge in [-0.05, 0) is 24.6 Å². The van der Waals surface area contributed by atoms with E-state index < -0.39 is 0 Å². The summed E-state index contributed by atoms with van der Waals surface area (Å²) in [6.45, 7) is 2.06. The second kappa shape index (κ2) is 4.98. The van der Waals surface area contributed by atoms with Gasteiger partial charge in [0.05, 0.1) is 13.2 Å². The van der Waals surface area contributed by atoms with Crippen LogP contribution in [0.1, 0.15) is 18.5 Å². The first-order valence-corrected chi connectivity index (χ1v) is 4.71. The van der Waals surface area contributed by atoms with Gasteiger partial charge in [0.2, 0.25) is 0 Å². The van der Waals surface area contributed by atoms with Gasteiger partial charge >= 0.3 is 0 Å². The number of hydrogen-bond acceptors (Lipinski definition) is 3. The van der Waals surface area contributed by atoms with Crippen molar-refractivity contribution < 1.29 is 4.84 Å².